The first-order chi connectivity index (χ1) is 12.1. The van der Waals surface area contributed by atoms with Crippen LogP contribution in [0.3, 0.4) is 0 Å². The van der Waals surface area contributed by atoms with Gasteiger partial charge < -0.3 is 9.67 Å². The van der Waals surface area contributed by atoms with E-state index >= 15 is 0 Å². The number of rotatable bonds is 7. The van der Waals surface area contributed by atoms with Crippen LogP contribution in [0.25, 0.3) is 10.9 Å². The number of Topliss-reactive ketones (excluding diaryl/α,β-unsaturated/α-hetero) is 1. The Morgan fingerprint density at radius 1 is 1.44 bits per heavy atom. The number of aromatic nitrogens is 1. The molecule has 1 aliphatic heterocycles. The summed E-state index contributed by atoms with van der Waals surface area (Å²) in [5.74, 6) is 0.115. The second kappa shape index (κ2) is 7.81. The van der Waals surface area contributed by atoms with Gasteiger partial charge in [0.2, 0.25) is 0 Å². The molecule has 2 aromatic rings. The summed E-state index contributed by atoms with van der Waals surface area (Å²) in [5, 5.41) is 19.5. The molecule has 0 aliphatic carbocycles. The molecule has 0 spiro atoms. The highest BCUT2D eigenvalue weighted by atomic mass is 16.3. The minimum atomic E-state index is -0.339. The number of aliphatic hydroxyl groups excluding tert-OH is 1. The van der Waals surface area contributed by atoms with E-state index in [4.69, 9.17) is 5.26 Å². The fourth-order valence-electron chi connectivity index (χ4n) is 3.86. The highest BCUT2D eigenvalue weighted by Gasteiger charge is 2.28. The third kappa shape index (κ3) is 3.92. The first-order valence-corrected chi connectivity index (χ1v) is 9.00. The summed E-state index contributed by atoms with van der Waals surface area (Å²) in [7, 11) is 0. The molecule has 1 N–H and O–H groups in total. The molecule has 2 atom stereocenters. The fourth-order valence-corrected chi connectivity index (χ4v) is 3.86. The van der Waals surface area contributed by atoms with E-state index in [0.717, 1.165) is 42.3 Å². The van der Waals surface area contributed by atoms with E-state index in [1.165, 1.54) is 0 Å². The van der Waals surface area contributed by atoms with Crippen LogP contribution in [0.15, 0.2) is 30.5 Å². The van der Waals surface area contributed by atoms with E-state index in [1.54, 1.807) is 6.92 Å². The van der Waals surface area contributed by atoms with Gasteiger partial charge in [-0.05, 0) is 38.8 Å². The molecule has 1 saturated heterocycles. The van der Waals surface area contributed by atoms with Crippen molar-refractivity contribution in [3.63, 3.8) is 0 Å². The van der Waals surface area contributed by atoms with E-state index in [0.29, 0.717) is 19.5 Å². The second-order valence-electron chi connectivity index (χ2n) is 6.94. The minimum Gasteiger partial charge on any atom is -0.393 e. The van der Waals surface area contributed by atoms with Crippen molar-refractivity contribution >= 4 is 16.7 Å². The van der Waals surface area contributed by atoms with E-state index in [1.807, 2.05) is 35.0 Å². The van der Waals surface area contributed by atoms with Crippen molar-refractivity contribution in [2.75, 3.05) is 13.1 Å². The van der Waals surface area contributed by atoms with Crippen molar-refractivity contribution in [2.45, 2.75) is 51.3 Å². The summed E-state index contributed by atoms with van der Waals surface area (Å²) in [6.45, 7) is 3.71. The van der Waals surface area contributed by atoms with Crippen molar-refractivity contribution in [1.82, 2.24) is 9.47 Å². The molecule has 132 valence electrons. The molecule has 0 amide bonds. The van der Waals surface area contributed by atoms with E-state index in [9.17, 15) is 9.90 Å². The maximum Gasteiger partial charge on any atom is 0.178 e. The van der Waals surface area contributed by atoms with Gasteiger partial charge in [0.05, 0.1) is 25.1 Å². The van der Waals surface area contributed by atoms with Gasteiger partial charge in [0.1, 0.15) is 0 Å². The number of hydrogen-bond acceptors (Lipinski definition) is 4. The Kier molecular flexibility index (Phi) is 5.52. The second-order valence-corrected chi connectivity index (χ2v) is 6.94. The zero-order chi connectivity index (χ0) is 17.8. The molecule has 0 bridgehead atoms. The van der Waals surface area contributed by atoms with Crippen LogP contribution < -0.4 is 0 Å². The molecule has 1 aliphatic rings. The Labute approximate surface area is 148 Å². The lowest BCUT2D eigenvalue weighted by molar-refractivity contribution is 0.0880. The van der Waals surface area contributed by atoms with E-state index < -0.39 is 0 Å². The highest BCUT2D eigenvalue weighted by molar-refractivity contribution is 6.09. The number of aliphatic hydroxyl groups is 1. The third-order valence-corrected chi connectivity index (χ3v) is 5.01. The number of likely N-dealkylation sites (tertiary alicyclic amines) is 1. The maximum atomic E-state index is 13.0. The number of carbonyl (C=O) groups excluding carboxylic acids is 1. The third-order valence-electron chi connectivity index (χ3n) is 5.01. The Morgan fingerprint density at radius 3 is 3.00 bits per heavy atom. The Hall–Kier alpha value is -2.16. The van der Waals surface area contributed by atoms with E-state index in [-0.39, 0.29) is 17.9 Å². The predicted molar refractivity (Wildman–Crippen MR) is 97.4 cm³/mol. The lowest BCUT2D eigenvalue weighted by Gasteiger charge is -2.24. The van der Waals surface area contributed by atoms with E-state index in [2.05, 4.69) is 11.0 Å². The summed E-state index contributed by atoms with van der Waals surface area (Å²) >= 11 is 0. The van der Waals surface area contributed by atoms with Gasteiger partial charge in [0.15, 0.2) is 5.78 Å². The predicted octanol–water partition coefficient (Wildman–Crippen LogP) is 2.97. The molecule has 1 fully saturated rings. The summed E-state index contributed by atoms with van der Waals surface area (Å²) < 4.78 is 2.00. The normalized spacial score (nSPS) is 19.2. The van der Waals surface area contributed by atoms with Gasteiger partial charge in [-0.3, -0.25) is 9.69 Å². The van der Waals surface area contributed by atoms with Crippen molar-refractivity contribution in [2.24, 2.45) is 0 Å². The summed E-state index contributed by atoms with van der Waals surface area (Å²) in [4.78, 5) is 15.2. The average molecular weight is 339 g/mol. The monoisotopic (exact) mass is 339 g/mol. The Balaban J connectivity index is 1.81. The Bertz CT molecular complexity index is 788. The number of fused-ring (bicyclic) bond motifs is 1. The molecule has 2 unspecified atom stereocenters. The topological polar surface area (TPSA) is 69.3 Å². The van der Waals surface area contributed by atoms with Crippen LogP contribution in [0.5, 0.6) is 0 Å². The van der Waals surface area contributed by atoms with Crippen molar-refractivity contribution in [1.29, 1.82) is 5.26 Å². The molecular formula is C20H25N3O2. The fraction of sp³-hybridized carbons (Fsp3) is 0.500. The largest absolute Gasteiger partial charge is 0.393 e. The van der Waals surface area contributed by atoms with Gasteiger partial charge in [0.25, 0.3) is 0 Å². The van der Waals surface area contributed by atoms with Crippen LogP contribution >= 0.6 is 0 Å². The zero-order valence-corrected chi connectivity index (χ0v) is 14.7. The molecule has 1 aromatic carbocycles. The molecule has 1 aromatic heterocycles. The molecule has 5 heteroatoms. The van der Waals surface area contributed by atoms with Crippen molar-refractivity contribution in [3.05, 3.63) is 36.0 Å². The summed E-state index contributed by atoms with van der Waals surface area (Å²) in [6.07, 6.45) is 4.82. The lowest BCUT2D eigenvalue weighted by atomic mass is 10.1. The van der Waals surface area contributed by atoms with Crippen LogP contribution in [0, 0.1) is 11.3 Å². The number of para-hydroxylation sites is 1. The van der Waals surface area contributed by atoms with Gasteiger partial charge >= 0.3 is 0 Å². The van der Waals surface area contributed by atoms with Gasteiger partial charge in [0, 0.05) is 35.2 Å². The Morgan fingerprint density at radius 2 is 2.24 bits per heavy atom. The maximum absolute atomic E-state index is 13.0. The number of aryl methyl sites for hydroxylation is 1. The van der Waals surface area contributed by atoms with Crippen molar-refractivity contribution in [3.8, 4) is 6.07 Å². The first kappa shape index (κ1) is 17.7. The lowest BCUT2D eigenvalue weighted by Crippen LogP contribution is -2.36. The molecule has 25 heavy (non-hydrogen) atoms. The van der Waals surface area contributed by atoms with Crippen LogP contribution in [-0.4, -0.2) is 45.6 Å². The highest BCUT2D eigenvalue weighted by Crippen LogP contribution is 2.25. The number of benzene rings is 1. The number of carbonyl (C=O) groups is 1. The standard InChI is InChI=1S/C20H25N3O2/c1-15(24)12-16-6-4-10-22(16)14-20(25)18-13-23(11-5-9-21)19-8-3-2-7-17(18)19/h2-3,7-8,13,15-16,24H,4-6,10-12,14H2,1H3. The molecule has 2 heterocycles. The van der Waals surface area contributed by atoms with Crippen LogP contribution in [0.4, 0.5) is 0 Å². The molecule has 3 rings (SSSR count). The zero-order valence-electron chi connectivity index (χ0n) is 14.7. The van der Waals surface area contributed by atoms with Crippen LogP contribution in [-0.2, 0) is 6.54 Å². The number of hydrogen-bond donors (Lipinski definition) is 1. The first-order valence-electron chi connectivity index (χ1n) is 9.00. The van der Waals surface area contributed by atoms with Gasteiger partial charge in [-0.15, -0.1) is 0 Å². The van der Waals surface area contributed by atoms with Crippen molar-refractivity contribution < 1.29 is 9.90 Å². The molecule has 0 saturated carbocycles. The molecular weight excluding hydrogens is 314 g/mol. The number of nitriles is 1. The molecule has 0 radical (unpaired) electrons. The van der Waals surface area contributed by atoms with Gasteiger partial charge in [-0.25, -0.2) is 0 Å². The summed E-state index contributed by atoms with van der Waals surface area (Å²) in [6, 6.07) is 10.3. The quantitative estimate of drug-likeness (QED) is 0.788. The average Bonchev–Trinajstić information content (AvgIpc) is 3.17. The van der Waals surface area contributed by atoms with Crippen LogP contribution in [0.2, 0.25) is 0 Å². The van der Waals surface area contributed by atoms with Gasteiger partial charge in [-0.2, -0.15) is 5.26 Å². The molecule has 5 nitrogen and oxygen atoms in total. The SMILES string of the molecule is CC(O)CC1CCCN1CC(=O)c1cn(CCC#N)c2ccccc12. The smallest absolute Gasteiger partial charge is 0.178 e. The van der Waals surface area contributed by atoms with Crippen LogP contribution in [0.1, 0.15) is 43.0 Å². The number of ketones is 1. The van der Waals surface area contributed by atoms with Gasteiger partial charge in [-0.1, -0.05) is 18.2 Å². The summed E-state index contributed by atoms with van der Waals surface area (Å²) in [5.41, 5.74) is 1.74. The number of nitrogens with zero attached hydrogens (tertiary/aromatic N) is 3. The minimum absolute atomic E-state index is 0.115.